The van der Waals surface area contributed by atoms with Crippen LogP contribution in [0.3, 0.4) is 0 Å². The zero-order valence-corrected chi connectivity index (χ0v) is 24.1. The number of aromatic amines is 1. The number of unbranched alkanes of at least 4 members (excludes halogenated alkanes) is 2. The number of H-pyrrole nitrogens is 1. The van der Waals surface area contributed by atoms with E-state index in [2.05, 4.69) is 39.1 Å². The third-order valence-corrected chi connectivity index (χ3v) is 6.13. The van der Waals surface area contributed by atoms with Crippen LogP contribution in [0.1, 0.15) is 79.4 Å². The van der Waals surface area contributed by atoms with Crippen molar-refractivity contribution in [2.75, 3.05) is 43.9 Å². The lowest BCUT2D eigenvalue weighted by molar-refractivity contribution is -0.114. The molecule has 2 aromatic heterocycles. The number of nitrogens with zero attached hydrogens (tertiary/aromatic N) is 5. The van der Waals surface area contributed by atoms with E-state index in [0.29, 0.717) is 46.9 Å². The quantitative estimate of drug-likeness (QED) is 0.258. The van der Waals surface area contributed by atoms with Gasteiger partial charge in [-0.25, -0.2) is 14.1 Å². The summed E-state index contributed by atoms with van der Waals surface area (Å²) in [6.07, 6.45) is 7.07. The molecule has 0 saturated carbocycles. The van der Waals surface area contributed by atoms with Gasteiger partial charge >= 0.3 is 0 Å². The van der Waals surface area contributed by atoms with Gasteiger partial charge in [0.1, 0.15) is 12.0 Å². The highest BCUT2D eigenvalue weighted by Crippen LogP contribution is 2.31. The largest absolute Gasteiger partial charge is 0.372 e. The Morgan fingerprint density at radius 2 is 1.84 bits per heavy atom. The first-order chi connectivity index (χ1) is 18.1. The Hall–Kier alpha value is -2.98. The van der Waals surface area contributed by atoms with Crippen LogP contribution in [0.15, 0.2) is 18.3 Å². The zero-order valence-electron chi connectivity index (χ0n) is 24.1. The summed E-state index contributed by atoms with van der Waals surface area (Å²) >= 11 is 0. The first-order valence-corrected chi connectivity index (χ1v) is 13.8. The number of fused-ring (bicyclic) bond motifs is 1. The summed E-state index contributed by atoms with van der Waals surface area (Å²) in [4.78, 5) is 23.6. The van der Waals surface area contributed by atoms with E-state index in [1.165, 1.54) is 36.9 Å². The topological polar surface area (TPSA) is 102 Å². The number of anilines is 2. The number of halogens is 1. The average Bonchev–Trinajstić information content (AvgIpc) is 3.45. The fourth-order valence-corrected chi connectivity index (χ4v) is 4.14. The number of aliphatic hydroxyl groups is 1. The van der Waals surface area contributed by atoms with Crippen LogP contribution in [-0.2, 0) is 4.79 Å². The molecule has 1 aromatic carbocycles. The monoisotopic (exact) mass is 531 g/mol. The smallest absolute Gasteiger partial charge is 0.221 e. The summed E-state index contributed by atoms with van der Waals surface area (Å²) in [5, 5.41) is 17.5. The SMILES string of the molecule is CCCC(O)n1cc(NC(C)=O)c(-c2nc3cc(N(CC)CCCN(C)C)c(F)cc3[nH]2)n1.CCCCC. The second kappa shape index (κ2) is 15.4. The summed E-state index contributed by atoms with van der Waals surface area (Å²) in [5.41, 5.74) is 2.46. The molecule has 0 fully saturated rings. The number of rotatable bonds is 13. The maximum Gasteiger partial charge on any atom is 0.221 e. The van der Waals surface area contributed by atoms with E-state index in [1.807, 2.05) is 32.8 Å². The Morgan fingerprint density at radius 3 is 2.39 bits per heavy atom. The minimum Gasteiger partial charge on any atom is -0.372 e. The summed E-state index contributed by atoms with van der Waals surface area (Å²) in [6, 6.07) is 3.18. The minimum absolute atomic E-state index is 0.262. The van der Waals surface area contributed by atoms with Crippen molar-refractivity contribution >= 4 is 28.3 Å². The van der Waals surface area contributed by atoms with Gasteiger partial charge in [0.15, 0.2) is 11.5 Å². The number of carbonyl (C=O) groups is 1. The molecule has 0 bridgehead atoms. The number of aliphatic hydroxyl groups excluding tert-OH is 1. The van der Waals surface area contributed by atoms with Crippen molar-refractivity contribution in [3.05, 3.63) is 24.1 Å². The van der Waals surface area contributed by atoms with Crippen molar-refractivity contribution in [2.45, 2.75) is 79.4 Å². The Morgan fingerprint density at radius 1 is 1.13 bits per heavy atom. The molecule has 3 rings (SSSR count). The third-order valence-electron chi connectivity index (χ3n) is 6.13. The van der Waals surface area contributed by atoms with E-state index in [1.54, 1.807) is 12.3 Å². The first-order valence-electron chi connectivity index (χ1n) is 13.8. The van der Waals surface area contributed by atoms with Crippen molar-refractivity contribution in [3.63, 3.8) is 0 Å². The third kappa shape index (κ3) is 8.80. The van der Waals surface area contributed by atoms with E-state index in [-0.39, 0.29) is 11.7 Å². The van der Waals surface area contributed by atoms with Crippen molar-refractivity contribution in [3.8, 4) is 11.5 Å². The van der Waals surface area contributed by atoms with Gasteiger partial charge in [0.2, 0.25) is 5.91 Å². The van der Waals surface area contributed by atoms with E-state index in [4.69, 9.17) is 0 Å². The Labute approximate surface area is 226 Å². The Bertz CT molecular complexity index is 1140. The van der Waals surface area contributed by atoms with E-state index in [9.17, 15) is 14.3 Å². The van der Waals surface area contributed by atoms with E-state index in [0.717, 1.165) is 25.9 Å². The number of nitrogens with one attached hydrogen (secondary N) is 2. The minimum atomic E-state index is -0.815. The Balaban J connectivity index is 0.000000926. The highest BCUT2D eigenvalue weighted by molar-refractivity contribution is 5.93. The van der Waals surface area contributed by atoms with Crippen LogP contribution in [0.2, 0.25) is 0 Å². The molecule has 1 atom stereocenters. The maximum atomic E-state index is 15.0. The highest BCUT2D eigenvalue weighted by Gasteiger charge is 2.20. The number of amides is 1. The van der Waals surface area contributed by atoms with Crippen LogP contribution in [0.4, 0.5) is 15.8 Å². The molecule has 1 amide bonds. The molecule has 3 N–H and O–H groups in total. The number of hydrogen-bond donors (Lipinski definition) is 3. The molecule has 0 saturated heterocycles. The normalized spacial score (nSPS) is 11.9. The van der Waals surface area contributed by atoms with Crippen molar-refractivity contribution in [2.24, 2.45) is 0 Å². The maximum absolute atomic E-state index is 15.0. The molecular weight excluding hydrogens is 485 g/mol. The van der Waals surface area contributed by atoms with Crippen LogP contribution in [0.5, 0.6) is 0 Å². The van der Waals surface area contributed by atoms with Gasteiger partial charge in [-0.2, -0.15) is 5.10 Å². The Kier molecular flexibility index (Phi) is 12.7. The number of aromatic nitrogens is 4. The molecule has 3 aromatic rings. The second-order valence-electron chi connectivity index (χ2n) is 9.82. The molecule has 38 heavy (non-hydrogen) atoms. The summed E-state index contributed by atoms with van der Waals surface area (Å²) in [7, 11) is 4.04. The molecule has 9 nitrogen and oxygen atoms in total. The van der Waals surface area contributed by atoms with E-state index >= 15 is 0 Å². The summed E-state index contributed by atoms with van der Waals surface area (Å²) < 4.78 is 16.4. The molecule has 10 heteroatoms. The number of benzene rings is 1. The molecule has 1 unspecified atom stereocenters. The first kappa shape index (κ1) is 31.2. The lowest BCUT2D eigenvalue weighted by Gasteiger charge is -2.24. The lowest BCUT2D eigenvalue weighted by Crippen LogP contribution is -2.27. The van der Waals surface area contributed by atoms with Gasteiger partial charge in [0.05, 0.1) is 28.6 Å². The van der Waals surface area contributed by atoms with Crippen LogP contribution < -0.4 is 10.2 Å². The van der Waals surface area contributed by atoms with Gasteiger partial charge in [-0.1, -0.05) is 46.5 Å². The van der Waals surface area contributed by atoms with Crippen molar-refractivity contribution in [1.29, 1.82) is 0 Å². The molecule has 0 radical (unpaired) electrons. The van der Waals surface area contributed by atoms with Gasteiger partial charge in [-0.15, -0.1) is 0 Å². The average molecular weight is 532 g/mol. The predicted octanol–water partition coefficient (Wildman–Crippen LogP) is 5.79. The second-order valence-corrected chi connectivity index (χ2v) is 9.82. The van der Waals surface area contributed by atoms with Gasteiger partial charge in [-0.3, -0.25) is 4.79 Å². The molecule has 0 spiro atoms. The summed E-state index contributed by atoms with van der Waals surface area (Å²) in [6.45, 7) is 12.1. The fourth-order valence-electron chi connectivity index (χ4n) is 4.14. The van der Waals surface area contributed by atoms with Crippen LogP contribution >= 0.6 is 0 Å². The fraction of sp³-hybridized carbons (Fsp3) is 0.607. The van der Waals surface area contributed by atoms with Crippen molar-refractivity contribution in [1.82, 2.24) is 24.6 Å². The van der Waals surface area contributed by atoms with E-state index < -0.39 is 6.23 Å². The van der Waals surface area contributed by atoms with Gasteiger partial charge < -0.3 is 25.2 Å². The van der Waals surface area contributed by atoms with Crippen molar-refractivity contribution < 1.29 is 14.3 Å². The summed E-state index contributed by atoms with van der Waals surface area (Å²) in [5.74, 6) is -0.194. The molecule has 0 aliphatic heterocycles. The van der Waals surface area contributed by atoms with Crippen LogP contribution in [-0.4, -0.2) is 69.4 Å². The van der Waals surface area contributed by atoms with Gasteiger partial charge in [-0.05, 0) is 46.5 Å². The predicted molar refractivity (Wildman–Crippen MR) is 154 cm³/mol. The van der Waals surface area contributed by atoms with Gasteiger partial charge in [0.25, 0.3) is 0 Å². The molecule has 0 aliphatic carbocycles. The molecular formula is C28H46FN7O2. The van der Waals surface area contributed by atoms with Crippen LogP contribution in [0.25, 0.3) is 22.6 Å². The molecule has 2 heterocycles. The number of hydrogen-bond acceptors (Lipinski definition) is 6. The van der Waals surface area contributed by atoms with Gasteiger partial charge in [0, 0.05) is 26.1 Å². The van der Waals surface area contributed by atoms with Crippen LogP contribution in [0, 0.1) is 5.82 Å². The number of carbonyl (C=O) groups excluding carboxylic acids is 1. The standard InChI is InChI=1S/C23H34FN7O2.C5H12/c1-6-9-21(33)31-14-19(25-15(3)32)22(28-31)23-26-17-12-16(24)20(13-18(17)27-23)30(7-2)11-8-10-29(4)5;1-3-5-4-2/h12-14,21,33H,6-11H2,1-5H3,(H,25,32)(H,26,27);3-5H2,1-2H3. The lowest BCUT2D eigenvalue weighted by atomic mass is 10.2. The highest BCUT2D eigenvalue weighted by atomic mass is 19.1. The molecule has 212 valence electrons. The molecule has 0 aliphatic rings. The number of imidazole rings is 1. The zero-order chi connectivity index (χ0) is 28.2.